The van der Waals surface area contributed by atoms with Crippen molar-refractivity contribution in [2.75, 3.05) is 0 Å². The lowest BCUT2D eigenvalue weighted by atomic mass is 10.0. The number of aromatic nitrogens is 1. The van der Waals surface area contributed by atoms with Crippen LogP contribution >= 0.6 is 0 Å². The first-order valence-electron chi connectivity index (χ1n) is 5.03. The summed E-state index contributed by atoms with van der Waals surface area (Å²) in [4.78, 5) is 11.8. The molecule has 0 spiro atoms. The molecule has 0 aliphatic rings. The Hall–Kier alpha value is -2.54. The van der Waals surface area contributed by atoms with Crippen LogP contribution in [0.25, 0.3) is 11.1 Å². The summed E-state index contributed by atoms with van der Waals surface area (Å²) < 4.78 is 1.05. The Balaban J connectivity index is 2.81. The highest BCUT2D eigenvalue weighted by Crippen LogP contribution is 2.24. The maximum absolute atomic E-state index is 11.8. The van der Waals surface area contributed by atoms with E-state index in [9.17, 15) is 9.90 Å². The maximum Gasteiger partial charge on any atom is 0.271 e. The highest BCUT2D eigenvalue weighted by molar-refractivity contribution is 5.70. The monoisotopic (exact) mass is 226 g/mol. The fraction of sp³-hybridized carbons (Fsp3) is 0.0769. The van der Waals surface area contributed by atoms with E-state index in [1.54, 1.807) is 12.1 Å². The van der Waals surface area contributed by atoms with Crippen molar-refractivity contribution in [3.8, 4) is 23.1 Å². The van der Waals surface area contributed by atoms with E-state index in [-0.39, 0.29) is 11.4 Å². The minimum atomic E-state index is -0.494. The molecule has 0 aliphatic carbocycles. The van der Waals surface area contributed by atoms with Gasteiger partial charge in [-0.3, -0.25) is 9.36 Å². The average Bonchev–Trinajstić information content (AvgIpc) is 2.36. The van der Waals surface area contributed by atoms with Gasteiger partial charge in [-0.1, -0.05) is 30.3 Å². The Morgan fingerprint density at radius 2 is 1.94 bits per heavy atom. The van der Waals surface area contributed by atoms with Crippen LogP contribution in [-0.2, 0) is 7.05 Å². The topological polar surface area (TPSA) is 66.0 Å². The van der Waals surface area contributed by atoms with Crippen LogP contribution in [0, 0.1) is 11.3 Å². The molecule has 2 rings (SSSR count). The van der Waals surface area contributed by atoms with E-state index in [0.29, 0.717) is 5.56 Å². The molecule has 0 saturated heterocycles. The van der Waals surface area contributed by atoms with Crippen molar-refractivity contribution < 1.29 is 5.11 Å². The molecule has 4 nitrogen and oxygen atoms in total. The molecule has 1 aromatic carbocycles. The second-order valence-corrected chi connectivity index (χ2v) is 3.63. The molecule has 0 aliphatic heterocycles. The van der Waals surface area contributed by atoms with E-state index >= 15 is 0 Å². The summed E-state index contributed by atoms with van der Waals surface area (Å²) in [5.74, 6) is -0.159. The standard InChI is InChI=1S/C13H10N2O2/c1-15-12(16)7-10(11(8-14)13(15)17)9-5-3-2-4-6-9/h2-7,16H,1H3. The lowest BCUT2D eigenvalue weighted by Gasteiger charge is -2.07. The maximum atomic E-state index is 11.8. The largest absolute Gasteiger partial charge is 0.494 e. The van der Waals surface area contributed by atoms with Crippen LogP contribution in [0.4, 0.5) is 0 Å². The first-order valence-corrected chi connectivity index (χ1v) is 5.03. The molecule has 1 heterocycles. The van der Waals surface area contributed by atoms with Crippen LogP contribution < -0.4 is 5.56 Å². The summed E-state index contributed by atoms with van der Waals surface area (Å²) >= 11 is 0. The Bertz CT molecular complexity index is 652. The van der Waals surface area contributed by atoms with Gasteiger partial charge in [-0.25, -0.2) is 0 Å². The molecule has 17 heavy (non-hydrogen) atoms. The van der Waals surface area contributed by atoms with Crippen molar-refractivity contribution in [2.45, 2.75) is 0 Å². The first kappa shape index (κ1) is 11.0. The van der Waals surface area contributed by atoms with Gasteiger partial charge in [-0.15, -0.1) is 0 Å². The highest BCUT2D eigenvalue weighted by Gasteiger charge is 2.13. The summed E-state index contributed by atoms with van der Waals surface area (Å²) in [5, 5.41) is 18.6. The van der Waals surface area contributed by atoms with Gasteiger partial charge in [0.25, 0.3) is 5.56 Å². The van der Waals surface area contributed by atoms with Gasteiger partial charge in [0.15, 0.2) is 5.88 Å². The third-order valence-electron chi connectivity index (χ3n) is 2.60. The van der Waals surface area contributed by atoms with Gasteiger partial charge in [0, 0.05) is 18.7 Å². The summed E-state index contributed by atoms with van der Waals surface area (Å²) in [5.41, 5.74) is 0.730. The van der Waals surface area contributed by atoms with E-state index in [1.807, 2.05) is 24.3 Å². The van der Waals surface area contributed by atoms with Crippen molar-refractivity contribution in [3.05, 3.63) is 52.3 Å². The fourth-order valence-electron chi connectivity index (χ4n) is 1.64. The molecule has 0 radical (unpaired) electrons. The van der Waals surface area contributed by atoms with Gasteiger partial charge in [0.05, 0.1) is 0 Å². The van der Waals surface area contributed by atoms with Crippen molar-refractivity contribution in [1.29, 1.82) is 5.26 Å². The van der Waals surface area contributed by atoms with E-state index < -0.39 is 5.56 Å². The molecule has 2 aromatic rings. The van der Waals surface area contributed by atoms with Crippen LogP contribution in [0.15, 0.2) is 41.2 Å². The summed E-state index contributed by atoms with van der Waals surface area (Å²) in [6, 6.07) is 12.4. The van der Waals surface area contributed by atoms with E-state index in [4.69, 9.17) is 5.26 Å². The number of hydrogen-bond donors (Lipinski definition) is 1. The van der Waals surface area contributed by atoms with Crippen molar-refractivity contribution in [3.63, 3.8) is 0 Å². The number of nitrogens with zero attached hydrogens (tertiary/aromatic N) is 2. The molecule has 0 unspecified atom stereocenters. The number of rotatable bonds is 1. The Morgan fingerprint density at radius 1 is 1.29 bits per heavy atom. The smallest absolute Gasteiger partial charge is 0.271 e. The quantitative estimate of drug-likeness (QED) is 0.803. The number of aromatic hydroxyl groups is 1. The number of nitriles is 1. The number of benzene rings is 1. The van der Waals surface area contributed by atoms with Gasteiger partial charge in [0.1, 0.15) is 11.6 Å². The minimum Gasteiger partial charge on any atom is -0.494 e. The minimum absolute atomic E-state index is 0.0384. The van der Waals surface area contributed by atoms with Gasteiger partial charge in [-0.2, -0.15) is 5.26 Å². The predicted octanol–water partition coefficient (Wildman–Crippen LogP) is 1.63. The second-order valence-electron chi connectivity index (χ2n) is 3.63. The lowest BCUT2D eigenvalue weighted by molar-refractivity contribution is 0.423. The van der Waals surface area contributed by atoms with Crippen molar-refractivity contribution in [2.24, 2.45) is 7.05 Å². The highest BCUT2D eigenvalue weighted by atomic mass is 16.3. The first-order chi connectivity index (χ1) is 8.15. The molecule has 0 amide bonds. The SMILES string of the molecule is Cn1c(O)cc(-c2ccccc2)c(C#N)c1=O. The lowest BCUT2D eigenvalue weighted by Crippen LogP contribution is -2.20. The van der Waals surface area contributed by atoms with Crippen LogP contribution in [0.3, 0.4) is 0 Å². The molecule has 0 atom stereocenters. The molecular weight excluding hydrogens is 216 g/mol. The second kappa shape index (κ2) is 4.14. The normalized spacial score (nSPS) is 9.88. The zero-order chi connectivity index (χ0) is 12.4. The molecule has 0 fully saturated rings. The van der Waals surface area contributed by atoms with Gasteiger partial charge >= 0.3 is 0 Å². The summed E-state index contributed by atoms with van der Waals surface area (Å²) in [6.07, 6.45) is 0. The van der Waals surface area contributed by atoms with Crippen molar-refractivity contribution >= 4 is 0 Å². The molecule has 0 bridgehead atoms. The zero-order valence-electron chi connectivity index (χ0n) is 9.21. The van der Waals surface area contributed by atoms with E-state index in [1.165, 1.54) is 13.1 Å². The van der Waals surface area contributed by atoms with Gasteiger partial charge in [-0.05, 0) is 5.56 Å². The summed E-state index contributed by atoms with van der Waals surface area (Å²) in [7, 11) is 1.42. The number of pyridine rings is 1. The molecule has 1 aromatic heterocycles. The summed E-state index contributed by atoms with van der Waals surface area (Å²) in [6.45, 7) is 0. The molecule has 0 saturated carbocycles. The zero-order valence-corrected chi connectivity index (χ0v) is 9.21. The van der Waals surface area contributed by atoms with Crippen LogP contribution in [0.1, 0.15) is 5.56 Å². The van der Waals surface area contributed by atoms with Crippen LogP contribution in [0.5, 0.6) is 5.88 Å². The van der Waals surface area contributed by atoms with Gasteiger partial charge < -0.3 is 5.11 Å². The fourth-order valence-corrected chi connectivity index (χ4v) is 1.64. The third kappa shape index (κ3) is 1.79. The molecule has 4 heteroatoms. The van der Waals surface area contributed by atoms with Gasteiger partial charge in [0.2, 0.25) is 0 Å². The molecular formula is C13H10N2O2. The van der Waals surface area contributed by atoms with E-state index in [2.05, 4.69) is 0 Å². The molecule has 84 valence electrons. The van der Waals surface area contributed by atoms with Crippen LogP contribution in [-0.4, -0.2) is 9.67 Å². The van der Waals surface area contributed by atoms with E-state index in [0.717, 1.165) is 10.1 Å². The van der Waals surface area contributed by atoms with Crippen molar-refractivity contribution in [1.82, 2.24) is 4.57 Å². The number of hydrogen-bond acceptors (Lipinski definition) is 3. The Morgan fingerprint density at radius 3 is 2.53 bits per heavy atom. The Labute approximate surface area is 98.0 Å². The Kier molecular flexibility index (Phi) is 2.67. The molecule has 1 N–H and O–H groups in total. The average molecular weight is 226 g/mol. The third-order valence-corrected chi connectivity index (χ3v) is 2.60. The predicted molar refractivity (Wildman–Crippen MR) is 63.5 cm³/mol. The van der Waals surface area contributed by atoms with Crippen LogP contribution in [0.2, 0.25) is 0 Å².